The van der Waals surface area contributed by atoms with E-state index in [0.717, 1.165) is 29.5 Å². The summed E-state index contributed by atoms with van der Waals surface area (Å²) in [6.07, 6.45) is 6.33. The van der Waals surface area contributed by atoms with Gasteiger partial charge in [0.15, 0.2) is 0 Å². The molecule has 0 saturated carbocycles. The second-order valence-electron chi connectivity index (χ2n) is 7.63. The Morgan fingerprint density at radius 2 is 1.96 bits per heavy atom. The molecule has 1 aromatic carbocycles. The number of pyridine rings is 1. The van der Waals surface area contributed by atoms with E-state index in [4.69, 9.17) is 4.74 Å². The number of hydrogen-bond donors (Lipinski definition) is 1. The summed E-state index contributed by atoms with van der Waals surface area (Å²) in [5, 5.41) is 10.4. The third kappa shape index (κ3) is 3.49. The molecule has 1 aromatic heterocycles. The van der Waals surface area contributed by atoms with Gasteiger partial charge >= 0.3 is 0 Å². The van der Waals surface area contributed by atoms with Gasteiger partial charge in [-0.15, -0.1) is 0 Å². The first kappa shape index (κ1) is 18.1. The van der Waals surface area contributed by atoms with Crippen LogP contribution >= 0.6 is 0 Å². The van der Waals surface area contributed by atoms with E-state index in [9.17, 15) is 9.90 Å². The molecule has 1 atom stereocenters. The van der Waals surface area contributed by atoms with Crippen molar-refractivity contribution in [2.45, 2.75) is 44.3 Å². The highest BCUT2D eigenvalue weighted by atomic mass is 16.5. The number of ether oxygens (including phenoxy) is 1. The molecule has 1 N–H and O–H groups in total. The molecular weight excluding hydrogens is 340 g/mol. The van der Waals surface area contributed by atoms with Gasteiger partial charge in [-0.3, -0.25) is 9.78 Å². The first-order chi connectivity index (χ1) is 13.1. The Morgan fingerprint density at radius 1 is 1.22 bits per heavy atom. The maximum absolute atomic E-state index is 12.9. The fraction of sp³-hybridized carbons (Fsp3) is 0.455. The molecule has 0 radical (unpaired) electrons. The van der Waals surface area contributed by atoms with Crippen molar-refractivity contribution in [1.29, 1.82) is 0 Å². The lowest BCUT2D eigenvalue weighted by molar-refractivity contribution is -0.174. The molecule has 4 rings (SSSR count). The van der Waals surface area contributed by atoms with Crippen LogP contribution in [0.4, 0.5) is 0 Å². The molecule has 2 aromatic rings. The van der Waals surface area contributed by atoms with Gasteiger partial charge in [0.1, 0.15) is 0 Å². The smallest absolute Gasteiger partial charge is 0.253 e. The maximum Gasteiger partial charge on any atom is 0.253 e. The Morgan fingerprint density at radius 3 is 2.63 bits per heavy atom. The largest absolute Gasteiger partial charge is 0.390 e. The predicted molar refractivity (Wildman–Crippen MR) is 103 cm³/mol. The average molecular weight is 366 g/mol. The van der Waals surface area contributed by atoms with Crippen LogP contribution in [0, 0.1) is 6.92 Å². The highest BCUT2D eigenvalue weighted by molar-refractivity contribution is 5.94. The number of aliphatic hydroxyl groups is 1. The molecule has 1 unspecified atom stereocenters. The van der Waals surface area contributed by atoms with Gasteiger partial charge < -0.3 is 14.7 Å². The number of likely N-dealkylation sites (tertiary alicyclic amines) is 1. The van der Waals surface area contributed by atoms with Crippen LogP contribution in [-0.2, 0) is 4.74 Å². The molecule has 1 amide bonds. The minimum absolute atomic E-state index is 0.0492. The molecule has 3 heterocycles. The van der Waals surface area contributed by atoms with Gasteiger partial charge in [0, 0.05) is 37.7 Å². The summed E-state index contributed by atoms with van der Waals surface area (Å²) in [6.45, 7) is 4.00. The Hall–Kier alpha value is -2.24. The number of aryl methyl sites for hydroxylation is 1. The van der Waals surface area contributed by atoms with Gasteiger partial charge in [0.05, 0.1) is 11.7 Å². The molecule has 142 valence electrons. The molecule has 2 fully saturated rings. The van der Waals surface area contributed by atoms with E-state index in [0.29, 0.717) is 38.1 Å². The molecule has 2 aliphatic rings. The fourth-order valence-electron chi connectivity index (χ4n) is 4.25. The Labute approximate surface area is 160 Å². The number of carbonyl (C=O) groups is 1. The highest BCUT2D eigenvalue weighted by Gasteiger charge is 2.44. The fourth-order valence-corrected chi connectivity index (χ4v) is 4.25. The number of aromatic nitrogens is 1. The standard InChI is InChI=1S/C22H26N2O3/c1-16-15-23-11-8-19(16)17-4-6-18(7-5-17)21(26)24-12-9-22(10-13-24)20(25)3-2-14-27-22/h4-8,11,15,20,25H,2-3,9-10,12-14H2,1H3. The molecule has 1 spiro atoms. The van der Waals surface area contributed by atoms with E-state index in [1.165, 1.54) is 0 Å². The van der Waals surface area contributed by atoms with Crippen LogP contribution in [0.25, 0.3) is 11.1 Å². The van der Waals surface area contributed by atoms with E-state index in [2.05, 4.69) is 4.98 Å². The molecule has 5 nitrogen and oxygen atoms in total. The van der Waals surface area contributed by atoms with Crippen LogP contribution < -0.4 is 0 Å². The van der Waals surface area contributed by atoms with Crippen molar-refractivity contribution >= 4 is 5.91 Å². The van der Waals surface area contributed by atoms with Crippen LogP contribution in [0.2, 0.25) is 0 Å². The molecule has 2 aliphatic heterocycles. The lowest BCUT2D eigenvalue weighted by Gasteiger charge is -2.46. The van der Waals surface area contributed by atoms with E-state index in [1.54, 1.807) is 6.20 Å². The van der Waals surface area contributed by atoms with Gasteiger partial charge in [0.2, 0.25) is 0 Å². The summed E-state index contributed by atoms with van der Waals surface area (Å²) < 4.78 is 5.94. The predicted octanol–water partition coefficient (Wildman–Crippen LogP) is 3.20. The van der Waals surface area contributed by atoms with Crippen LogP contribution in [-0.4, -0.2) is 52.3 Å². The Bertz CT molecular complexity index is 811. The van der Waals surface area contributed by atoms with Crippen molar-refractivity contribution < 1.29 is 14.6 Å². The van der Waals surface area contributed by atoms with E-state index in [-0.39, 0.29) is 5.91 Å². The molecular formula is C22H26N2O3. The lowest BCUT2D eigenvalue weighted by Crippen LogP contribution is -2.56. The zero-order valence-electron chi connectivity index (χ0n) is 15.7. The first-order valence-electron chi connectivity index (χ1n) is 9.71. The number of rotatable bonds is 2. The summed E-state index contributed by atoms with van der Waals surface area (Å²) in [4.78, 5) is 18.9. The zero-order chi connectivity index (χ0) is 18.9. The van der Waals surface area contributed by atoms with Gasteiger partial charge in [-0.25, -0.2) is 0 Å². The van der Waals surface area contributed by atoms with Crippen molar-refractivity contribution in [3.63, 3.8) is 0 Å². The SMILES string of the molecule is Cc1cnccc1-c1ccc(C(=O)N2CCC3(CC2)OCCCC3O)cc1. The normalized spacial score (nSPS) is 22.0. The van der Waals surface area contributed by atoms with Gasteiger partial charge in [-0.2, -0.15) is 0 Å². The lowest BCUT2D eigenvalue weighted by atomic mass is 9.82. The molecule has 27 heavy (non-hydrogen) atoms. The van der Waals surface area contributed by atoms with Gasteiger partial charge in [0.25, 0.3) is 5.91 Å². The molecule has 0 aliphatic carbocycles. The molecule has 2 saturated heterocycles. The van der Waals surface area contributed by atoms with Gasteiger partial charge in [-0.05, 0) is 67.5 Å². The second kappa shape index (κ2) is 7.41. The average Bonchev–Trinajstić information content (AvgIpc) is 2.71. The number of aliphatic hydroxyl groups excluding tert-OH is 1. The Kier molecular flexibility index (Phi) is 4.98. The molecule has 0 bridgehead atoms. The minimum atomic E-state index is -0.447. The summed E-state index contributed by atoms with van der Waals surface area (Å²) in [6, 6.07) is 9.78. The quantitative estimate of drug-likeness (QED) is 0.887. The van der Waals surface area contributed by atoms with Crippen molar-refractivity contribution in [3.8, 4) is 11.1 Å². The summed E-state index contributed by atoms with van der Waals surface area (Å²) in [5.74, 6) is 0.0492. The number of nitrogens with zero attached hydrogens (tertiary/aromatic N) is 2. The molecule has 5 heteroatoms. The van der Waals surface area contributed by atoms with Crippen molar-refractivity contribution in [2.75, 3.05) is 19.7 Å². The van der Waals surface area contributed by atoms with Gasteiger partial charge in [-0.1, -0.05) is 12.1 Å². The number of carbonyl (C=O) groups excluding carboxylic acids is 1. The van der Waals surface area contributed by atoms with Crippen LogP contribution in [0.3, 0.4) is 0 Å². The monoisotopic (exact) mass is 366 g/mol. The zero-order valence-corrected chi connectivity index (χ0v) is 15.7. The van der Waals surface area contributed by atoms with Crippen molar-refractivity contribution in [3.05, 3.63) is 53.9 Å². The second-order valence-corrected chi connectivity index (χ2v) is 7.63. The summed E-state index contributed by atoms with van der Waals surface area (Å²) in [5.41, 5.74) is 3.59. The van der Waals surface area contributed by atoms with E-state index >= 15 is 0 Å². The third-order valence-electron chi connectivity index (χ3n) is 5.98. The number of hydrogen-bond acceptors (Lipinski definition) is 4. The first-order valence-corrected chi connectivity index (χ1v) is 9.71. The van der Waals surface area contributed by atoms with E-state index < -0.39 is 11.7 Å². The van der Waals surface area contributed by atoms with Crippen LogP contribution in [0.5, 0.6) is 0 Å². The van der Waals surface area contributed by atoms with Crippen molar-refractivity contribution in [1.82, 2.24) is 9.88 Å². The highest BCUT2D eigenvalue weighted by Crippen LogP contribution is 2.35. The minimum Gasteiger partial charge on any atom is -0.390 e. The topological polar surface area (TPSA) is 62.7 Å². The van der Waals surface area contributed by atoms with E-state index in [1.807, 2.05) is 48.4 Å². The third-order valence-corrected chi connectivity index (χ3v) is 5.98. The maximum atomic E-state index is 12.9. The number of piperidine rings is 1. The van der Waals surface area contributed by atoms with Crippen LogP contribution in [0.1, 0.15) is 41.6 Å². The number of amides is 1. The van der Waals surface area contributed by atoms with Crippen LogP contribution in [0.15, 0.2) is 42.7 Å². The Balaban J connectivity index is 1.44. The van der Waals surface area contributed by atoms with Crippen molar-refractivity contribution in [2.24, 2.45) is 0 Å². The summed E-state index contributed by atoms with van der Waals surface area (Å²) in [7, 11) is 0. The summed E-state index contributed by atoms with van der Waals surface area (Å²) >= 11 is 0. The number of benzene rings is 1.